The van der Waals surface area contributed by atoms with Gasteiger partial charge in [-0.1, -0.05) is 0 Å². The SMILES string of the molecule is O=C(Nc1ccc2c(c1)OCO2)C1CC1C(=O)N1CCCC1. The molecule has 0 spiro atoms. The Morgan fingerprint density at radius 2 is 1.86 bits per heavy atom. The summed E-state index contributed by atoms with van der Waals surface area (Å²) >= 11 is 0. The molecule has 1 aromatic rings. The Bertz CT molecular complexity index is 625. The van der Waals surface area contributed by atoms with E-state index in [1.807, 2.05) is 4.90 Å². The van der Waals surface area contributed by atoms with Crippen molar-refractivity contribution in [2.75, 3.05) is 25.2 Å². The summed E-state index contributed by atoms with van der Waals surface area (Å²) in [5, 5.41) is 2.86. The number of hydrogen-bond acceptors (Lipinski definition) is 4. The highest BCUT2D eigenvalue weighted by atomic mass is 16.7. The van der Waals surface area contributed by atoms with Gasteiger partial charge >= 0.3 is 0 Å². The fourth-order valence-corrected chi connectivity index (χ4v) is 3.14. The zero-order chi connectivity index (χ0) is 15.1. The van der Waals surface area contributed by atoms with Gasteiger partial charge in [0.15, 0.2) is 11.5 Å². The van der Waals surface area contributed by atoms with Gasteiger partial charge in [0.05, 0.1) is 11.8 Å². The summed E-state index contributed by atoms with van der Waals surface area (Å²) in [6.45, 7) is 1.89. The minimum atomic E-state index is -0.196. The van der Waals surface area contributed by atoms with E-state index in [9.17, 15) is 9.59 Å². The highest BCUT2D eigenvalue weighted by molar-refractivity contribution is 5.99. The van der Waals surface area contributed by atoms with Gasteiger partial charge in [-0.3, -0.25) is 9.59 Å². The first-order valence-corrected chi connectivity index (χ1v) is 7.72. The maximum atomic E-state index is 12.3. The highest BCUT2D eigenvalue weighted by Crippen LogP contribution is 2.42. The van der Waals surface area contributed by atoms with Gasteiger partial charge in [-0.05, 0) is 31.4 Å². The molecule has 116 valence electrons. The van der Waals surface area contributed by atoms with Crippen LogP contribution in [0.25, 0.3) is 0 Å². The van der Waals surface area contributed by atoms with Crippen molar-refractivity contribution in [3.8, 4) is 11.5 Å². The summed E-state index contributed by atoms with van der Waals surface area (Å²) in [6, 6.07) is 5.31. The van der Waals surface area contributed by atoms with E-state index < -0.39 is 0 Å². The van der Waals surface area contributed by atoms with Crippen LogP contribution in [0.5, 0.6) is 11.5 Å². The van der Waals surface area contributed by atoms with Gasteiger partial charge in [0.1, 0.15) is 0 Å². The lowest BCUT2D eigenvalue weighted by Gasteiger charge is -2.14. The van der Waals surface area contributed by atoms with Crippen molar-refractivity contribution in [2.45, 2.75) is 19.3 Å². The second-order valence-electron chi connectivity index (χ2n) is 6.04. The molecule has 1 aromatic carbocycles. The number of benzene rings is 1. The molecule has 0 radical (unpaired) electrons. The molecule has 22 heavy (non-hydrogen) atoms. The largest absolute Gasteiger partial charge is 0.454 e. The second-order valence-corrected chi connectivity index (χ2v) is 6.04. The van der Waals surface area contributed by atoms with E-state index in [4.69, 9.17) is 9.47 Å². The van der Waals surface area contributed by atoms with Crippen LogP contribution in [0.2, 0.25) is 0 Å². The number of nitrogens with zero attached hydrogens (tertiary/aromatic N) is 1. The predicted octanol–water partition coefficient (Wildman–Crippen LogP) is 1.61. The Kier molecular flexibility index (Phi) is 3.17. The number of carbonyl (C=O) groups excluding carboxylic acids is 2. The topological polar surface area (TPSA) is 67.9 Å². The lowest BCUT2D eigenvalue weighted by atomic mass is 10.2. The summed E-state index contributed by atoms with van der Waals surface area (Å²) in [6.07, 6.45) is 2.81. The number of rotatable bonds is 3. The minimum Gasteiger partial charge on any atom is -0.454 e. The van der Waals surface area contributed by atoms with Gasteiger partial charge in [0.25, 0.3) is 0 Å². The van der Waals surface area contributed by atoms with Crippen molar-refractivity contribution >= 4 is 17.5 Å². The van der Waals surface area contributed by atoms with Gasteiger partial charge in [0.2, 0.25) is 18.6 Å². The second kappa shape index (κ2) is 5.19. The van der Waals surface area contributed by atoms with Crippen LogP contribution in [0.15, 0.2) is 18.2 Å². The molecule has 2 aliphatic heterocycles. The van der Waals surface area contributed by atoms with Crippen LogP contribution >= 0.6 is 0 Å². The average Bonchev–Trinajstić information content (AvgIpc) is 2.94. The van der Waals surface area contributed by atoms with Gasteiger partial charge in [-0.25, -0.2) is 0 Å². The normalized spacial score (nSPS) is 25.2. The van der Waals surface area contributed by atoms with Crippen molar-refractivity contribution in [1.29, 1.82) is 0 Å². The molecule has 0 aromatic heterocycles. The molecule has 2 heterocycles. The molecule has 1 aliphatic carbocycles. The number of anilines is 1. The zero-order valence-corrected chi connectivity index (χ0v) is 12.2. The van der Waals surface area contributed by atoms with Crippen LogP contribution in [0, 0.1) is 11.8 Å². The smallest absolute Gasteiger partial charge is 0.231 e. The first-order valence-electron chi connectivity index (χ1n) is 7.72. The molecule has 2 amide bonds. The van der Waals surface area contributed by atoms with Crippen LogP contribution in [0.3, 0.4) is 0 Å². The maximum absolute atomic E-state index is 12.3. The molecule has 2 atom stereocenters. The van der Waals surface area contributed by atoms with E-state index in [1.165, 1.54) is 0 Å². The number of carbonyl (C=O) groups is 2. The lowest BCUT2D eigenvalue weighted by molar-refractivity contribution is -0.133. The first-order chi connectivity index (χ1) is 10.7. The van der Waals surface area contributed by atoms with Crippen molar-refractivity contribution in [3.05, 3.63) is 18.2 Å². The van der Waals surface area contributed by atoms with E-state index in [2.05, 4.69) is 5.32 Å². The Morgan fingerprint density at radius 3 is 2.68 bits per heavy atom. The Balaban J connectivity index is 1.36. The number of fused-ring (bicyclic) bond motifs is 1. The molecule has 6 heteroatoms. The summed E-state index contributed by atoms with van der Waals surface area (Å²) in [7, 11) is 0. The summed E-state index contributed by atoms with van der Waals surface area (Å²) < 4.78 is 10.5. The summed E-state index contributed by atoms with van der Waals surface area (Å²) in [5.41, 5.74) is 0.675. The first kappa shape index (κ1) is 13.4. The third-order valence-corrected chi connectivity index (χ3v) is 4.50. The van der Waals surface area contributed by atoms with E-state index in [0.717, 1.165) is 25.9 Å². The molecular weight excluding hydrogens is 284 g/mol. The molecular formula is C16H18N2O4. The quantitative estimate of drug-likeness (QED) is 0.921. The van der Waals surface area contributed by atoms with Gasteiger partial charge < -0.3 is 19.7 Å². The van der Waals surface area contributed by atoms with Gasteiger partial charge in [0, 0.05) is 24.8 Å². The Hall–Kier alpha value is -2.24. The molecule has 1 saturated carbocycles. The average molecular weight is 302 g/mol. The van der Waals surface area contributed by atoms with E-state index in [-0.39, 0.29) is 30.4 Å². The Labute approximate surface area is 128 Å². The lowest BCUT2D eigenvalue weighted by Crippen LogP contribution is -2.30. The third kappa shape index (κ3) is 2.38. The standard InChI is InChI=1S/C16H18N2O4/c19-15(11-8-12(11)16(20)18-5-1-2-6-18)17-10-3-4-13-14(7-10)22-9-21-13/h3-4,7,11-12H,1-2,5-6,8-9H2,(H,17,19). The molecule has 1 N–H and O–H groups in total. The predicted molar refractivity (Wildman–Crippen MR) is 78.6 cm³/mol. The van der Waals surface area contributed by atoms with Crippen LogP contribution in [-0.2, 0) is 9.59 Å². The number of hydrogen-bond donors (Lipinski definition) is 1. The van der Waals surface area contributed by atoms with Crippen LogP contribution in [0.1, 0.15) is 19.3 Å². The van der Waals surface area contributed by atoms with Gasteiger partial charge in [-0.2, -0.15) is 0 Å². The monoisotopic (exact) mass is 302 g/mol. The summed E-state index contributed by atoms with van der Waals surface area (Å²) in [5.74, 6) is 1.05. The number of likely N-dealkylation sites (tertiary alicyclic amines) is 1. The highest BCUT2D eigenvalue weighted by Gasteiger charge is 2.49. The van der Waals surface area contributed by atoms with Crippen LogP contribution in [-0.4, -0.2) is 36.6 Å². The van der Waals surface area contributed by atoms with Crippen molar-refractivity contribution in [2.24, 2.45) is 11.8 Å². The number of amides is 2. The van der Waals surface area contributed by atoms with Gasteiger partial charge in [-0.15, -0.1) is 0 Å². The Morgan fingerprint density at radius 1 is 1.09 bits per heavy atom. The number of ether oxygens (including phenoxy) is 2. The van der Waals surface area contributed by atoms with Crippen molar-refractivity contribution in [3.63, 3.8) is 0 Å². The molecule has 2 fully saturated rings. The van der Waals surface area contributed by atoms with Crippen LogP contribution in [0.4, 0.5) is 5.69 Å². The minimum absolute atomic E-state index is 0.0867. The van der Waals surface area contributed by atoms with E-state index in [1.54, 1.807) is 18.2 Å². The van der Waals surface area contributed by atoms with E-state index in [0.29, 0.717) is 23.6 Å². The molecule has 6 nitrogen and oxygen atoms in total. The van der Waals surface area contributed by atoms with Crippen LogP contribution < -0.4 is 14.8 Å². The zero-order valence-electron chi connectivity index (χ0n) is 12.2. The molecule has 1 saturated heterocycles. The maximum Gasteiger partial charge on any atom is 0.231 e. The fourth-order valence-electron chi connectivity index (χ4n) is 3.14. The molecule has 0 bridgehead atoms. The summed E-state index contributed by atoms with van der Waals surface area (Å²) in [4.78, 5) is 26.4. The van der Waals surface area contributed by atoms with E-state index >= 15 is 0 Å². The van der Waals surface area contributed by atoms with Crippen molar-refractivity contribution < 1.29 is 19.1 Å². The fraction of sp³-hybridized carbons (Fsp3) is 0.500. The third-order valence-electron chi connectivity index (χ3n) is 4.50. The number of nitrogens with one attached hydrogen (secondary N) is 1. The molecule has 3 aliphatic rings. The molecule has 2 unspecified atom stereocenters. The molecule has 4 rings (SSSR count). The van der Waals surface area contributed by atoms with Crippen molar-refractivity contribution in [1.82, 2.24) is 4.90 Å².